The van der Waals surface area contributed by atoms with Gasteiger partial charge in [0.15, 0.2) is 0 Å². The van der Waals surface area contributed by atoms with E-state index in [1.165, 1.54) is 12.1 Å². The summed E-state index contributed by atoms with van der Waals surface area (Å²) in [5.41, 5.74) is 0.316. The largest absolute Gasteiger partial charge is 0.507 e. The Labute approximate surface area is 119 Å². The Morgan fingerprint density at radius 3 is 2.48 bits per heavy atom. The average molecular weight is 289 g/mol. The number of phenolic OH excluding ortho intramolecular Hbond substituents is 1. The Balaban J connectivity index is 2.38. The molecule has 5 nitrogen and oxygen atoms in total. The number of anilines is 1. The van der Waals surface area contributed by atoms with E-state index >= 15 is 0 Å². The standard InChI is InChI=1S/C15H12FNO4/c1-8-2-5-13(18)11(6-8)14(19)17-12-7-9(16)3-4-10(12)15(20)21/h2-7,18H,1H3,(H,17,19)(H,20,21). The van der Waals surface area contributed by atoms with E-state index in [1.807, 2.05) is 0 Å². The highest BCUT2D eigenvalue weighted by atomic mass is 19.1. The number of halogens is 1. The summed E-state index contributed by atoms with van der Waals surface area (Å²) in [7, 11) is 0. The van der Waals surface area contributed by atoms with Crippen LogP contribution in [0.2, 0.25) is 0 Å². The summed E-state index contributed by atoms with van der Waals surface area (Å²) in [5.74, 6) is -2.93. The third-order valence-corrected chi connectivity index (χ3v) is 2.86. The predicted molar refractivity (Wildman–Crippen MR) is 74.2 cm³/mol. The fourth-order valence-electron chi connectivity index (χ4n) is 1.83. The molecule has 6 heteroatoms. The van der Waals surface area contributed by atoms with Crippen LogP contribution in [-0.2, 0) is 0 Å². The molecule has 0 aromatic heterocycles. The smallest absolute Gasteiger partial charge is 0.337 e. The van der Waals surface area contributed by atoms with Crippen LogP contribution in [0.5, 0.6) is 5.75 Å². The van der Waals surface area contributed by atoms with Crippen molar-refractivity contribution in [2.45, 2.75) is 6.92 Å². The molecule has 0 radical (unpaired) electrons. The zero-order chi connectivity index (χ0) is 15.6. The lowest BCUT2D eigenvalue weighted by Gasteiger charge is -2.10. The zero-order valence-corrected chi connectivity index (χ0v) is 11.1. The quantitative estimate of drug-likeness (QED) is 0.811. The van der Waals surface area contributed by atoms with Gasteiger partial charge >= 0.3 is 5.97 Å². The lowest BCUT2D eigenvalue weighted by molar-refractivity contribution is 0.0698. The maximum atomic E-state index is 13.2. The molecule has 0 aliphatic heterocycles. The number of carbonyl (C=O) groups excluding carboxylic acids is 1. The van der Waals surface area contributed by atoms with Crippen LogP contribution in [-0.4, -0.2) is 22.1 Å². The average Bonchev–Trinajstić information content (AvgIpc) is 2.41. The summed E-state index contributed by atoms with van der Waals surface area (Å²) in [4.78, 5) is 23.1. The number of nitrogens with one attached hydrogen (secondary N) is 1. The number of hydrogen-bond donors (Lipinski definition) is 3. The number of aromatic carboxylic acids is 1. The van der Waals surface area contributed by atoms with Crippen molar-refractivity contribution in [1.82, 2.24) is 0 Å². The Morgan fingerprint density at radius 2 is 1.81 bits per heavy atom. The molecule has 2 aromatic rings. The van der Waals surface area contributed by atoms with Gasteiger partial charge in [-0.25, -0.2) is 9.18 Å². The van der Waals surface area contributed by atoms with Crippen LogP contribution >= 0.6 is 0 Å². The molecular weight excluding hydrogens is 277 g/mol. The molecule has 0 aliphatic rings. The second-order valence-corrected chi connectivity index (χ2v) is 4.47. The van der Waals surface area contributed by atoms with E-state index in [2.05, 4.69) is 5.32 Å². The van der Waals surface area contributed by atoms with E-state index in [0.29, 0.717) is 0 Å². The third kappa shape index (κ3) is 3.17. The number of phenols is 1. The molecular formula is C15H12FNO4. The lowest BCUT2D eigenvalue weighted by atomic mass is 10.1. The van der Waals surface area contributed by atoms with Crippen molar-refractivity contribution in [3.05, 3.63) is 58.9 Å². The SMILES string of the molecule is Cc1ccc(O)c(C(=O)Nc2cc(F)ccc2C(=O)O)c1. The zero-order valence-electron chi connectivity index (χ0n) is 11.1. The number of benzene rings is 2. The van der Waals surface area contributed by atoms with Crippen LogP contribution in [0.15, 0.2) is 36.4 Å². The van der Waals surface area contributed by atoms with Crippen molar-refractivity contribution in [2.24, 2.45) is 0 Å². The summed E-state index contributed by atoms with van der Waals surface area (Å²) in [6, 6.07) is 7.39. The molecule has 0 atom stereocenters. The van der Waals surface area contributed by atoms with Crippen LogP contribution in [0.1, 0.15) is 26.3 Å². The Morgan fingerprint density at radius 1 is 1.10 bits per heavy atom. The molecule has 2 aromatic carbocycles. The Bertz CT molecular complexity index is 728. The molecule has 21 heavy (non-hydrogen) atoms. The van der Waals surface area contributed by atoms with Crippen LogP contribution in [0.4, 0.5) is 10.1 Å². The Hall–Kier alpha value is -2.89. The van der Waals surface area contributed by atoms with E-state index in [-0.39, 0.29) is 22.6 Å². The fraction of sp³-hybridized carbons (Fsp3) is 0.0667. The fourth-order valence-corrected chi connectivity index (χ4v) is 1.83. The maximum absolute atomic E-state index is 13.2. The molecule has 0 fully saturated rings. The van der Waals surface area contributed by atoms with Gasteiger partial charge < -0.3 is 15.5 Å². The minimum Gasteiger partial charge on any atom is -0.507 e. The van der Waals surface area contributed by atoms with Crippen molar-refractivity contribution < 1.29 is 24.2 Å². The molecule has 3 N–H and O–H groups in total. The number of aromatic hydroxyl groups is 1. The second kappa shape index (κ2) is 5.62. The van der Waals surface area contributed by atoms with E-state index in [4.69, 9.17) is 5.11 Å². The molecule has 0 spiro atoms. The van der Waals surface area contributed by atoms with E-state index in [9.17, 15) is 19.1 Å². The van der Waals surface area contributed by atoms with E-state index in [0.717, 1.165) is 23.8 Å². The van der Waals surface area contributed by atoms with Crippen molar-refractivity contribution in [1.29, 1.82) is 0 Å². The van der Waals surface area contributed by atoms with Crippen molar-refractivity contribution in [3.8, 4) is 5.75 Å². The van der Waals surface area contributed by atoms with Crippen LogP contribution in [0.25, 0.3) is 0 Å². The van der Waals surface area contributed by atoms with E-state index < -0.39 is 17.7 Å². The van der Waals surface area contributed by atoms with Gasteiger partial charge in [-0.05, 0) is 37.3 Å². The summed E-state index contributed by atoms with van der Waals surface area (Å²) < 4.78 is 13.2. The van der Waals surface area contributed by atoms with Crippen LogP contribution in [0.3, 0.4) is 0 Å². The first-order valence-electron chi connectivity index (χ1n) is 6.02. The minimum absolute atomic E-state index is 0.0180. The molecule has 0 unspecified atom stereocenters. The number of carboxylic acid groups (broad SMARTS) is 1. The number of carbonyl (C=O) groups is 2. The highest BCUT2D eigenvalue weighted by Crippen LogP contribution is 2.22. The van der Waals surface area contributed by atoms with Gasteiger partial charge in [0.05, 0.1) is 16.8 Å². The van der Waals surface area contributed by atoms with Crippen molar-refractivity contribution >= 4 is 17.6 Å². The number of carboxylic acids is 1. The molecule has 2 rings (SSSR count). The topological polar surface area (TPSA) is 86.6 Å². The van der Waals surface area contributed by atoms with E-state index in [1.54, 1.807) is 13.0 Å². The summed E-state index contributed by atoms with van der Waals surface area (Å²) >= 11 is 0. The van der Waals surface area contributed by atoms with Gasteiger partial charge in [-0.3, -0.25) is 4.79 Å². The Kier molecular flexibility index (Phi) is 3.89. The van der Waals surface area contributed by atoms with Crippen molar-refractivity contribution in [2.75, 3.05) is 5.32 Å². The molecule has 0 saturated carbocycles. The molecule has 0 heterocycles. The minimum atomic E-state index is -1.29. The number of amides is 1. The summed E-state index contributed by atoms with van der Waals surface area (Å²) in [5, 5.41) is 21.0. The lowest BCUT2D eigenvalue weighted by Crippen LogP contribution is -2.15. The molecule has 1 amide bonds. The molecule has 0 bridgehead atoms. The first-order chi connectivity index (χ1) is 9.88. The number of rotatable bonds is 3. The first kappa shape index (κ1) is 14.5. The molecule has 0 saturated heterocycles. The third-order valence-electron chi connectivity index (χ3n) is 2.86. The van der Waals surface area contributed by atoms with Gasteiger partial charge in [-0.15, -0.1) is 0 Å². The normalized spacial score (nSPS) is 10.2. The first-order valence-corrected chi connectivity index (χ1v) is 6.02. The highest BCUT2D eigenvalue weighted by molar-refractivity contribution is 6.09. The van der Waals surface area contributed by atoms with Gasteiger partial charge in [0, 0.05) is 0 Å². The summed E-state index contributed by atoms with van der Waals surface area (Å²) in [6.07, 6.45) is 0. The number of hydrogen-bond acceptors (Lipinski definition) is 3. The van der Waals surface area contributed by atoms with Crippen LogP contribution in [0, 0.1) is 12.7 Å². The van der Waals surface area contributed by atoms with Gasteiger partial charge in [0.1, 0.15) is 11.6 Å². The predicted octanol–water partition coefficient (Wildman–Crippen LogP) is 2.79. The maximum Gasteiger partial charge on any atom is 0.337 e. The highest BCUT2D eigenvalue weighted by Gasteiger charge is 2.16. The van der Waals surface area contributed by atoms with Gasteiger partial charge in [0.2, 0.25) is 0 Å². The van der Waals surface area contributed by atoms with Gasteiger partial charge in [0.25, 0.3) is 5.91 Å². The second-order valence-electron chi connectivity index (χ2n) is 4.47. The monoisotopic (exact) mass is 289 g/mol. The summed E-state index contributed by atoms with van der Waals surface area (Å²) in [6.45, 7) is 1.74. The van der Waals surface area contributed by atoms with Gasteiger partial charge in [-0.1, -0.05) is 11.6 Å². The van der Waals surface area contributed by atoms with Gasteiger partial charge in [-0.2, -0.15) is 0 Å². The molecule has 108 valence electrons. The molecule has 0 aliphatic carbocycles. The van der Waals surface area contributed by atoms with Crippen LogP contribution < -0.4 is 5.32 Å². The van der Waals surface area contributed by atoms with Crippen molar-refractivity contribution in [3.63, 3.8) is 0 Å². The number of aryl methyl sites for hydroxylation is 1.